The average molecular weight is 330 g/mol. The molecule has 0 bridgehead atoms. The highest BCUT2D eigenvalue weighted by atomic mass is 16.5. The molecule has 2 N–H and O–H groups in total. The van der Waals surface area contributed by atoms with Crippen LogP contribution < -0.4 is 5.73 Å². The van der Waals surface area contributed by atoms with Crippen LogP contribution in [0.25, 0.3) is 0 Å². The standard InChI is InChI=1S/C19H30N4O/c1-16-14-22(10-11-24-16)15-18-7-5-6-17(12-18)13-21-19(20)23-8-3-2-4-9-23/h5-7,12,16H,2-4,8-11,13-15H2,1H3,(H2,20,21). The van der Waals surface area contributed by atoms with Crippen LogP contribution in [0.1, 0.15) is 37.3 Å². The molecule has 1 aromatic rings. The minimum Gasteiger partial charge on any atom is -0.376 e. The summed E-state index contributed by atoms with van der Waals surface area (Å²) in [7, 11) is 0. The van der Waals surface area contributed by atoms with Gasteiger partial charge in [-0.05, 0) is 37.3 Å². The molecule has 3 rings (SSSR count). The lowest BCUT2D eigenvalue weighted by molar-refractivity contribution is -0.0212. The van der Waals surface area contributed by atoms with E-state index in [0.717, 1.165) is 39.3 Å². The molecule has 0 amide bonds. The van der Waals surface area contributed by atoms with Crippen molar-refractivity contribution in [3.05, 3.63) is 35.4 Å². The third-order valence-corrected chi connectivity index (χ3v) is 4.83. The van der Waals surface area contributed by atoms with E-state index in [1.165, 1.54) is 30.4 Å². The van der Waals surface area contributed by atoms with Crippen molar-refractivity contribution in [1.29, 1.82) is 0 Å². The lowest BCUT2D eigenvalue weighted by Gasteiger charge is -2.31. The molecule has 1 atom stereocenters. The first kappa shape index (κ1) is 17.2. The fourth-order valence-electron chi connectivity index (χ4n) is 3.51. The predicted molar refractivity (Wildman–Crippen MR) is 97.9 cm³/mol. The lowest BCUT2D eigenvalue weighted by Crippen LogP contribution is -2.40. The van der Waals surface area contributed by atoms with Crippen molar-refractivity contribution in [2.75, 3.05) is 32.8 Å². The second kappa shape index (κ2) is 8.49. The minimum absolute atomic E-state index is 0.330. The zero-order valence-electron chi connectivity index (χ0n) is 14.8. The number of nitrogens with two attached hydrogens (primary N) is 1. The zero-order chi connectivity index (χ0) is 16.8. The summed E-state index contributed by atoms with van der Waals surface area (Å²) in [5.74, 6) is 0.696. The molecule has 2 aliphatic rings. The topological polar surface area (TPSA) is 54.1 Å². The Morgan fingerprint density at radius 3 is 2.79 bits per heavy atom. The van der Waals surface area contributed by atoms with Crippen LogP contribution in [0.3, 0.4) is 0 Å². The first-order valence-corrected chi connectivity index (χ1v) is 9.17. The number of nitrogens with zero attached hydrogens (tertiary/aromatic N) is 3. The summed E-state index contributed by atoms with van der Waals surface area (Å²) in [6.07, 6.45) is 4.09. The van der Waals surface area contributed by atoms with Crippen LogP contribution in [0.4, 0.5) is 0 Å². The van der Waals surface area contributed by atoms with Gasteiger partial charge in [0.15, 0.2) is 5.96 Å². The molecule has 2 saturated heterocycles. The summed E-state index contributed by atoms with van der Waals surface area (Å²) >= 11 is 0. The largest absolute Gasteiger partial charge is 0.376 e. The Labute approximate surface area is 145 Å². The van der Waals surface area contributed by atoms with E-state index in [-0.39, 0.29) is 0 Å². The summed E-state index contributed by atoms with van der Waals surface area (Å²) in [6.45, 7) is 8.72. The number of hydrogen-bond acceptors (Lipinski definition) is 3. The molecule has 2 aliphatic heterocycles. The highest BCUT2D eigenvalue weighted by molar-refractivity contribution is 5.78. The van der Waals surface area contributed by atoms with Crippen molar-refractivity contribution < 1.29 is 4.74 Å². The third kappa shape index (κ3) is 4.95. The van der Waals surface area contributed by atoms with Gasteiger partial charge in [-0.25, -0.2) is 4.99 Å². The van der Waals surface area contributed by atoms with Crippen LogP contribution in [0.5, 0.6) is 0 Å². The Balaban J connectivity index is 1.56. The highest BCUT2D eigenvalue weighted by Gasteiger charge is 2.16. The van der Waals surface area contributed by atoms with Gasteiger partial charge >= 0.3 is 0 Å². The maximum Gasteiger partial charge on any atom is 0.191 e. The van der Waals surface area contributed by atoms with Crippen LogP contribution in [-0.4, -0.2) is 54.6 Å². The van der Waals surface area contributed by atoms with Crippen molar-refractivity contribution in [2.24, 2.45) is 10.7 Å². The molecular formula is C19H30N4O. The number of piperidine rings is 1. The second-order valence-corrected chi connectivity index (χ2v) is 6.96. The average Bonchev–Trinajstić information content (AvgIpc) is 2.61. The second-order valence-electron chi connectivity index (χ2n) is 6.96. The van der Waals surface area contributed by atoms with E-state index in [2.05, 4.69) is 46.0 Å². The highest BCUT2D eigenvalue weighted by Crippen LogP contribution is 2.13. The van der Waals surface area contributed by atoms with Crippen molar-refractivity contribution in [3.8, 4) is 0 Å². The van der Waals surface area contributed by atoms with Gasteiger partial charge in [0.1, 0.15) is 0 Å². The van der Waals surface area contributed by atoms with Gasteiger partial charge in [0, 0.05) is 32.7 Å². The zero-order valence-corrected chi connectivity index (χ0v) is 14.8. The molecule has 0 aromatic heterocycles. The monoisotopic (exact) mass is 330 g/mol. The molecule has 2 heterocycles. The maximum absolute atomic E-state index is 6.15. The van der Waals surface area contributed by atoms with Gasteiger partial charge in [0.05, 0.1) is 19.3 Å². The number of morpholine rings is 1. The summed E-state index contributed by atoms with van der Waals surface area (Å²) in [4.78, 5) is 9.27. The molecule has 2 fully saturated rings. The van der Waals surface area contributed by atoms with E-state index in [0.29, 0.717) is 18.6 Å². The number of benzene rings is 1. The van der Waals surface area contributed by atoms with E-state index < -0.39 is 0 Å². The van der Waals surface area contributed by atoms with E-state index in [4.69, 9.17) is 10.5 Å². The molecule has 24 heavy (non-hydrogen) atoms. The summed E-state index contributed by atoms with van der Waals surface area (Å²) in [5.41, 5.74) is 8.72. The van der Waals surface area contributed by atoms with Crippen LogP contribution in [0, 0.1) is 0 Å². The fraction of sp³-hybridized carbons (Fsp3) is 0.632. The van der Waals surface area contributed by atoms with Crippen molar-refractivity contribution >= 4 is 5.96 Å². The van der Waals surface area contributed by atoms with Gasteiger partial charge < -0.3 is 15.4 Å². The molecule has 5 heteroatoms. The normalized spacial score (nSPS) is 23.5. The van der Waals surface area contributed by atoms with Gasteiger partial charge in [0.2, 0.25) is 0 Å². The Morgan fingerprint density at radius 2 is 2.00 bits per heavy atom. The molecular weight excluding hydrogens is 300 g/mol. The first-order chi connectivity index (χ1) is 11.7. The fourth-order valence-corrected chi connectivity index (χ4v) is 3.51. The molecule has 0 radical (unpaired) electrons. The molecule has 1 aromatic carbocycles. The van der Waals surface area contributed by atoms with Gasteiger partial charge in [-0.3, -0.25) is 4.90 Å². The Kier molecular flexibility index (Phi) is 6.10. The van der Waals surface area contributed by atoms with Crippen LogP contribution in [0.2, 0.25) is 0 Å². The number of hydrogen-bond donors (Lipinski definition) is 1. The number of ether oxygens (including phenoxy) is 1. The minimum atomic E-state index is 0.330. The van der Waals surface area contributed by atoms with Crippen molar-refractivity contribution in [2.45, 2.75) is 45.4 Å². The van der Waals surface area contributed by atoms with Crippen LogP contribution in [-0.2, 0) is 17.8 Å². The summed E-state index contributed by atoms with van der Waals surface area (Å²) in [6, 6.07) is 8.72. The maximum atomic E-state index is 6.15. The summed E-state index contributed by atoms with van der Waals surface area (Å²) in [5, 5.41) is 0. The molecule has 1 unspecified atom stereocenters. The molecule has 132 valence electrons. The lowest BCUT2D eigenvalue weighted by atomic mass is 10.1. The molecule has 5 nitrogen and oxygen atoms in total. The van der Waals surface area contributed by atoms with Crippen molar-refractivity contribution in [1.82, 2.24) is 9.80 Å². The van der Waals surface area contributed by atoms with E-state index >= 15 is 0 Å². The number of likely N-dealkylation sites (tertiary alicyclic amines) is 1. The van der Waals surface area contributed by atoms with Gasteiger partial charge in [0.25, 0.3) is 0 Å². The third-order valence-electron chi connectivity index (χ3n) is 4.83. The van der Waals surface area contributed by atoms with E-state index in [1.54, 1.807) is 0 Å². The van der Waals surface area contributed by atoms with E-state index in [1.807, 2.05) is 0 Å². The SMILES string of the molecule is CC1CN(Cc2cccc(CN=C(N)N3CCCCC3)c2)CCO1. The first-order valence-electron chi connectivity index (χ1n) is 9.17. The Hall–Kier alpha value is -1.59. The number of aliphatic imine (C=N–C) groups is 1. The summed E-state index contributed by atoms with van der Waals surface area (Å²) < 4.78 is 5.61. The van der Waals surface area contributed by atoms with Crippen molar-refractivity contribution in [3.63, 3.8) is 0 Å². The predicted octanol–water partition coefficient (Wildman–Crippen LogP) is 2.21. The number of guanidine groups is 1. The Morgan fingerprint density at radius 1 is 1.21 bits per heavy atom. The molecule has 0 saturated carbocycles. The smallest absolute Gasteiger partial charge is 0.191 e. The molecule has 0 spiro atoms. The Bertz CT molecular complexity index is 554. The van der Waals surface area contributed by atoms with E-state index in [9.17, 15) is 0 Å². The van der Waals surface area contributed by atoms with Crippen LogP contribution in [0.15, 0.2) is 29.3 Å². The molecule has 0 aliphatic carbocycles. The number of rotatable bonds is 4. The van der Waals surface area contributed by atoms with Crippen LogP contribution >= 0.6 is 0 Å². The quantitative estimate of drug-likeness (QED) is 0.679. The van der Waals surface area contributed by atoms with Gasteiger partial charge in [-0.15, -0.1) is 0 Å². The van der Waals surface area contributed by atoms with Gasteiger partial charge in [-0.2, -0.15) is 0 Å². The van der Waals surface area contributed by atoms with Gasteiger partial charge in [-0.1, -0.05) is 24.3 Å².